The summed E-state index contributed by atoms with van der Waals surface area (Å²) in [4.78, 5) is 21.5. The topological polar surface area (TPSA) is 63.6 Å². The summed E-state index contributed by atoms with van der Waals surface area (Å²) < 4.78 is 5.24. The van der Waals surface area contributed by atoms with Crippen LogP contribution in [0.4, 0.5) is 0 Å². The van der Waals surface area contributed by atoms with Crippen LogP contribution in [0, 0.1) is 6.92 Å². The molecule has 1 aliphatic rings. The molecule has 1 atom stereocenters. The standard InChI is InChI=1S/C18H19N3O2S/c1-4-23-18(22)15-12(3)20-17(14-9-24-10-19-14)21-16(15)13-7-5-6-11(2)8-13/h5-10,16H,4H2,1-3H3,(H,20,21)/t16-/m1/s1. The first-order chi connectivity index (χ1) is 11.6. The maximum atomic E-state index is 12.5. The molecule has 0 amide bonds. The van der Waals surface area contributed by atoms with E-state index in [2.05, 4.69) is 10.3 Å². The number of rotatable bonds is 4. The van der Waals surface area contributed by atoms with Crippen molar-refractivity contribution in [3.05, 3.63) is 63.2 Å². The maximum absolute atomic E-state index is 12.5. The van der Waals surface area contributed by atoms with Crippen molar-refractivity contribution in [1.82, 2.24) is 10.3 Å². The van der Waals surface area contributed by atoms with E-state index in [1.165, 1.54) is 11.3 Å². The lowest BCUT2D eigenvalue weighted by molar-refractivity contribution is -0.138. The minimum Gasteiger partial charge on any atom is -0.463 e. The minimum absolute atomic E-state index is 0.332. The van der Waals surface area contributed by atoms with E-state index < -0.39 is 6.04 Å². The minimum atomic E-state index is -0.401. The molecule has 2 heterocycles. The molecule has 6 heteroatoms. The Morgan fingerprint density at radius 1 is 1.38 bits per heavy atom. The lowest BCUT2D eigenvalue weighted by Gasteiger charge is -2.25. The van der Waals surface area contributed by atoms with E-state index in [0.29, 0.717) is 18.0 Å². The van der Waals surface area contributed by atoms with E-state index in [9.17, 15) is 4.79 Å². The third kappa shape index (κ3) is 3.23. The summed E-state index contributed by atoms with van der Waals surface area (Å²) >= 11 is 1.51. The number of aromatic nitrogens is 1. The third-order valence-electron chi connectivity index (χ3n) is 3.77. The van der Waals surface area contributed by atoms with Gasteiger partial charge in [-0.15, -0.1) is 11.3 Å². The fourth-order valence-electron chi connectivity index (χ4n) is 2.69. The van der Waals surface area contributed by atoms with Gasteiger partial charge in [-0.25, -0.2) is 9.78 Å². The van der Waals surface area contributed by atoms with E-state index in [1.807, 2.05) is 43.5 Å². The molecule has 24 heavy (non-hydrogen) atoms. The van der Waals surface area contributed by atoms with Crippen LogP contribution in [0.15, 0.2) is 51.4 Å². The second-order valence-electron chi connectivity index (χ2n) is 5.55. The second-order valence-corrected chi connectivity index (χ2v) is 6.27. The van der Waals surface area contributed by atoms with Crippen LogP contribution in [-0.2, 0) is 9.53 Å². The first-order valence-corrected chi connectivity index (χ1v) is 8.72. The van der Waals surface area contributed by atoms with Crippen molar-refractivity contribution >= 4 is 23.1 Å². The zero-order chi connectivity index (χ0) is 17.1. The molecular weight excluding hydrogens is 322 g/mol. The Morgan fingerprint density at radius 2 is 2.21 bits per heavy atom. The Kier molecular flexibility index (Phi) is 4.76. The van der Waals surface area contributed by atoms with Gasteiger partial charge in [0.2, 0.25) is 0 Å². The van der Waals surface area contributed by atoms with E-state index in [-0.39, 0.29) is 5.97 Å². The zero-order valence-corrected chi connectivity index (χ0v) is 14.7. The Bertz CT molecular complexity index is 809. The number of allylic oxidation sites excluding steroid dienone is 1. The van der Waals surface area contributed by atoms with Gasteiger partial charge in [-0.2, -0.15) is 0 Å². The highest BCUT2D eigenvalue weighted by Crippen LogP contribution is 2.32. The number of thiazole rings is 1. The molecule has 0 saturated heterocycles. The molecule has 0 radical (unpaired) electrons. The number of hydrogen-bond donors (Lipinski definition) is 1. The molecule has 3 rings (SSSR count). The van der Waals surface area contributed by atoms with Crippen molar-refractivity contribution in [2.45, 2.75) is 26.8 Å². The number of aliphatic imine (C=N–C) groups is 1. The van der Waals surface area contributed by atoms with Crippen LogP contribution in [0.2, 0.25) is 0 Å². The number of nitrogens with zero attached hydrogens (tertiary/aromatic N) is 2. The lowest BCUT2D eigenvalue weighted by atomic mass is 9.95. The Labute approximate surface area is 145 Å². The number of esters is 1. The maximum Gasteiger partial charge on any atom is 0.338 e. The van der Waals surface area contributed by atoms with Crippen molar-refractivity contribution in [3.8, 4) is 0 Å². The van der Waals surface area contributed by atoms with Gasteiger partial charge in [-0.3, -0.25) is 4.99 Å². The number of amidine groups is 1. The molecule has 0 bridgehead atoms. The number of nitrogens with one attached hydrogen (secondary N) is 1. The molecule has 0 aliphatic carbocycles. The normalized spacial score (nSPS) is 17.3. The molecule has 0 saturated carbocycles. The Hall–Kier alpha value is -2.47. The molecule has 0 fully saturated rings. The van der Waals surface area contributed by atoms with E-state index in [1.54, 1.807) is 12.4 Å². The molecule has 124 valence electrons. The van der Waals surface area contributed by atoms with Crippen LogP contribution in [0.1, 0.15) is 36.7 Å². The highest BCUT2D eigenvalue weighted by Gasteiger charge is 2.31. The molecule has 1 aromatic heterocycles. The van der Waals surface area contributed by atoms with Crippen molar-refractivity contribution in [3.63, 3.8) is 0 Å². The Balaban J connectivity index is 2.08. The second kappa shape index (κ2) is 6.97. The summed E-state index contributed by atoms with van der Waals surface area (Å²) in [5, 5.41) is 5.13. The van der Waals surface area contributed by atoms with Gasteiger partial charge in [0, 0.05) is 11.1 Å². The number of ether oxygens (including phenoxy) is 1. The molecule has 1 aromatic carbocycles. The first-order valence-electron chi connectivity index (χ1n) is 7.78. The van der Waals surface area contributed by atoms with Crippen molar-refractivity contribution < 1.29 is 9.53 Å². The van der Waals surface area contributed by atoms with Crippen molar-refractivity contribution in [2.24, 2.45) is 4.99 Å². The zero-order valence-electron chi connectivity index (χ0n) is 13.9. The summed E-state index contributed by atoms with van der Waals surface area (Å²) in [5.74, 6) is 0.336. The van der Waals surface area contributed by atoms with Gasteiger partial charge in [0.05, 0.1) is 17.7 Å². The highest BCUT2D eigenvalue weighted by atomic mass is 32.1. The summed E-state index contributed by atoms with van der Waals surface area (Å²) in [6.07, 6.45) is 0. The Morgan fingerprint density at radius 3 is 2.88 bits per heavy atom. The number of carbonyl (C=O) groups excluding carboxylic acids is 1. The number of carbonyl (C=O) groups is 1. The molecular formula is C18H19N3O2S. The van der Waals surface area contributed by atoms with Gasteiger partial charge in [-0.05, 0) is 26.3 Å². The largest absolute Gasteiger partial charge is 0.463 e. The summed E-state index contributed by atoms with van der Waals surface area (Å²) in [6, 6.07) is 7.63. The summed E-state index contributed by atoms with van der Waals surface area (Å²) in [7, 11) is 0. The first kappa shape index (κ1) is 16.4. The molecule has 1 aliphatic heterocycles. The van der Waals surface area contributed by atoms with Crippen LogP contribution in [0.3, 0.4) is 0 Å². The molecule has 0 unspecified atom stereocenters. The van der Waals surface area contributed by atoms with E-state index >= 15 is 0 Å². The quantitative estimate of drug-likeness (QED) is 0.866. The lowest BCUT2D eigenvalue weighted by Crippen LogP contribution is -2.33. The van der Waals surface area contributed by atoms with Gasteiger partial charge in [0.15, 0.2) is 5.84 Å². The summed E-state index contributed by atoms with van der Waals surface area (Å²) in [5.41, 5.74) is 5.92. The number of aryl methyl sites for hydroxylation is 1. The predicted molar refractivity (Wildman–Crippen MR) is 95.0 cm³/mol. The van der Waals surface area contributed by atoms with Crippen LogP contribution >= 0.6 is 11.3 Å². The summed E-state index contributed by atoms with van der Waals surface area (Å²) in [6.45, 7) is 6.03. The van der Waals surface area contributed by atoms with Gasteiger partial charge >= 0.3 is 5.97 Å². The average molecular weight is 341 g/mol. The third-order valence-corrected chi connectivity index (χ3v) is 4.36. The van der Waals surface area contributed by atoms with Gasteiger partial charge in [-0.1, -0.05) is 29.8 Å². The van der Waals surface area contributed by atoms with Gasteiger partial charge < -0.3 is 10.1 Å². The van der Waals surface area contributed by atoms with E-state index in [0.717, 1.165) is 22.5 Å². The van der Waals surface area contributed by atoms with Crippen LogP contribution in [-0.4, -0.2) is 23.4 Å². The van der Waals surface area contributed by atoms with Gasteiger partial charge in [0.25, 0.3) is 0 Å². The molecule has 5 nitrogen and oxygen atoms in total. The van der Waals surface area contributed by atoms with Crippen LogP contribution in [0.5, 0.6) is 0 Å². The van der Waals surface area contributed by atoms with Crippen LogP contribution < -0.4 is 5.32 Å². The fourth-order valence-corrected chi connectivity index (χ4v) is 3.23. The van der Waals surface area contributed by atoms with Crippen molar-refractivity contribution in [2.75, 3.05) is 6.61 Å². The van der Waals surface area contributed by atoms with E-state index in [4.69, 9.17) is 9.73 Å². The fraction of sp³-hybridized carbons (Fsp3) is 0.278. The van der Waals surface area contributed by atoms with Crippen molar-refractivity contribution in [1.29, 1.82) is 0 Å². The monoisotopic (exact) mass is 341 g/mol. The molecule has 2 aromatic rings. The highest BCUT2D eigenvalue weighted by molar-refractivity contribution is 7.07. The molecule has 1 N–H and O–H groups in total. The predicted octanol–water partition coefficient (Wildman–Crippen LogP) is 3.38. The SMILES string of the molecule is CCOC(=O)C1=C(C)NC(c2cscn2)=N[C@@H]1c1cccc(C)c1. The number of hydrogen-bond acceptors (Lipinski definition) is 6. The van der Waals surface area contributed by atoms with Gasteiger partial charge in [0.1, 0.15) is 11.7 Å². The average Bonchev–Trinajstić information content (AvgIpc) is 3.08. The smallest absolute Gasteiger partial charge is 0.338 e. The molecule has 0 spiro atoms. The number of benzene rings is 1. The van der Waals surface area contributed by atoms with Crippen LogP contribution in [0.25, 0.3) is 0 Å².